The van der Waals surface area contributed by atoms with Crippen molar-refractivity contribution in [2.45, 2.75) is 51.3 Å². The highest BCUT2D eigenvalue weighted by atomic mass is 19.4. The lowest BCUT2D eigenvalue weighted by molar-refractivity contribution is -0.136. The summed E-state index contributed by atoms with van der Waals surface area (Å²) in [5.74, 6) is -0.564. The number of hydrogen-bond donors (Lipinski definition) is 2. The van der Waals surface area contributed by atoms with Crippen LogP contribution in [0.5, 0.6) is 5.75 Å². The predicted octanol–water partition coefficient (Wildman–Crippen LogP) is 6.10. The van der Waals surface area contributed by atoms with Gasteiger partial charge in [-0.15, -0.1) is 0 Å². The van der Waals surface area contributed by atoms with E-state index in [0.717, 1.165) is 33.6 Å². The molecule has 2 aromatic rings. The fourth-order valence-corrected chi connectivity index (χ4v) is 4.57. The first-order valence-corrected chi connectivity index (χ1v) is 11.4. The number of amides is 1. The second-order valence-electron chi connectivity index (χ2n) is 8.94. The lowest BCUT2D eigenvalue weighted by atomic mass is 9.86. The maximum atomic E-state index is 13.0. The number of benzene rings is 2. The van der Waals surface area contributed by atoms with Crippen molar-refractivity contribution >= 4 is 17.4 Å². The highest BCUT2D eigenvalue weighted by Gasteiger charge is 2.35. The Morgan fingerprint density at radius 1 is 1.11 bits per heavy atom. The van der Waals surface area contributed by atoms with Gasteiger partial charge in [-0.1, -0.05) is 31.2 Å². The van der Waals surface area contributed by atoms with Gasteiger partial charge >= 0.3 is 12.1 Å². The number of aliphatic carboxylic acids is 1. The third-order valence-electron chi connectivity index (χ3n) is 6.54. The van der Waals surface area contributed by atoms with Crippen LogP contribution in [0, 0.1) is 6.92 Å². The first kappa shape index (κ1) is 24.6. The number of carbonyl (C=O) groups is 2. The third kappa shape index (κ3) is 5.26. The molecule has 1 amide bonds. The summed E-state index contributed by atoms with van der Waals surface area (Å²) in [6.07, 6.45) is -1.66. The summed E-state index contributed by atoms with van der Waals surface area (Å²) in [6, 6.07) is 11.0. The molecule has 0 fully saturated rings. The van der Waals surface area contributed by atoms with Gasteiger partial charge in [0.1, 0.15) is 11.9 Å². The molecule has 0 radical (unpaired) electrons. The van der Waals surface area contributed by atoms with Gasteiger partial charge in [0.05, 0.1) is 6.42 Å². The molecule has 2 aliphatic rings. The standard InChI is InChI=1S/C27H26F3NO4/c1-15-13-23-22(14-21(15)17-7-9-20(10-8-17)27(28,29)30)16(2)25(35-23)18-3-5-19(6-4-18)26(34)31-12-11-24(32)33/h3-7,9,13-14,16,25H,8,10-12H2,1-2H3,(H,31,34)(H,32,33). The van der Waals surface area contributed by atoms with Gasteiger partial charge in [-0.25, -0.2) is 0 Å². The molecule has 2 aromatic carbocycles. The first-order chi connectivity index (χ1) is 16.5. The summed E-state index contributed by atoms with van der Waals surface area (Å²) in [6.45, 7) is 4.02. The Bertz CT molecular complexity index is 1210. The number of ether oxygens (including phenoxy) is 1. The molecular formula is C27H26F3NO4. The number of nitrogens with one attached hydrogen (secondary N) is 1. The molecule has 1 aliphatic heterocycles. The summed E-state index contributed by atoms with van der Waals surface area (Å²) in [5, 5.41) is 11.3. The fraction of sp³-hybridized carbons (Fsp3) is 0.333. The van der Waals surface area contributed by atoms with Crippen LogP contribution >= 0.6 is 0 Å². The Kier molecular flexibility index (Phi) is 6.74. The smallest absolute Gasteiger partial charge is 0.412 e. The van der Waals surface area contributed by atoms with Crippen LogP contribution in [0.4, 0.5) is 13.2 Å². The molecule has 184 valence electrons. The van der Waals surface area contributed by atoms with E-state index in [-0.39, 0.29) is 37.3 Å². The molecule has 0 bridgehead atoms. The molecule has 0 saturated carbocycles. The van der Waals surface area contributed by atoms with E-state index < -0.39 is 17.7 Å². The number of carboxylic acids is 1. The Labute approximate surface area is 201 Å². The number of alkyl halides is 3. The number of hydrogen-bond acceptors (Lipinski definition) is 3. The molecule has 2 unspecified atom stereocenters. The van der Waals surface area contributed by atoms with Crippen LogP contribution in [-0.4, -0.2) is 29.7 Å². The number of rotatable bonds is 6. The highest BCUT2D eigenvalue weighted by molar-refractivity contribution is 5.94. The zero-order valence-corrected chi connectivity index (χ0v) is 19.4. The summed E-state index contributed by atoms with van der Waals surface area (Å²) < 4.78 is 45.2. The van der Waals surface area contributed by atoms with Crippen molar-refractivity contribution in [3.05, 3.63) is 81.9 Å². The van der Waals surface area contributed by atoms with Gasteiger partial charge in [-0.05, 0) is 66.3 Å². The van der Waals surface area contributed by atoms with E-state index in [9.17, 15) is 22.8 Å². The predicted molar refractivity (Wildman–Crippen MR) is 125 cm³/mol. The number of aryl methyl sites for hydroxylation is 1. The van der Waals surface area contributed by atoms with Crippen LogP contribution in [0.2, 0.25) is 0 Å². The van der Waals surface area contributed by atoms with Crippen LogP contribution < -0.4 is 10.1 Å². The van der Waals surface area contributed by atoms with Crippen molar-refractivity contribution in [3.63, 3.8) is 0 Å². The molecule has 2 atom stereocenters. The lowest BCUT2D eigenvalue weighted by Crippen LogP contribution is -2.26. The quantitative estimate of drug-likeness (QED) is 0.518. The number of carbonyl (C=O) groups excluding carboxylic acids is 1. The monoisotopic (exact) mass is 485 g/mol. The van der Waals surface area contributed by atoms with Crippen molar-refractivity contribution in [3.8, 4) is 5.75 Å². The van der Waals surface area contributed by atoms with Crippen molar-refractivity contribution in [1.82, 2.24) is 5.32 Å². The second kappa shape index (κ2) is 9.60. The van der Waals surface area contributed by atoms with Gasteiger partial charge < -0.3 is 15.2 Å². The lowest BCUT2D eigenvalue weighted by Gasteiger charge is -2.19. The molecule has 2 N–H and O–H groups in total. The van der Waals surface area contributed by atoms with Crippen LogP contribution in [0.1, 0.15) is 70.8 Å². The summed E-state index contributed by atoms with van der Waals surface area (Å²) in [4.78, 5) is 22.8. The Morgan fingerprint density at radius 2 is 1.83 bits per heavy atom. The first-order valence-electron chi connectivity index (χ1n) is 11.4. The van der Waals surface area contributed by atoms with Gasteiger partial charge in [-0.2, -0.15) is 13.2 Å². The minimum absolute atomic E-state index is 0.00469. The Balaban J connectivity index is 1.51. The maximum Gasteiger partial charge on any atom is 0.412 e. The van der Waals surface area contributed by atoms with E-state index in [1.165, 1.54) is 6.08 Å². The molecule has 5 nitrogen and oxygen atoms in total. The van der Waals surface area contributed by atoms with Gasteiger partial charge in [-0.3, -0.25) is 9.59 Å². The molecule has 1 heterocycles. The van der Waals surface area contributed by atoms with Crippen LogP contribution in [0.25, 0.3) is 5.57 Å². The van der Waals surface area contributed by atoms with Crippen LogP contribution in [0.3, 0.4) is 0 Å². The average Bonchev–Trinajstić information content (AvgIpc) is 3.13. The van der Waals surface area contributed by atoms with E-state index in [4.69, 9.17) is 9.84 Å². The van der Waals surface area contributed by atoms with E-state index in [1.54, 1.807) is 18.2 Å². The normalized spacial score (nSPS) is 19.3. The number of halogens is 3. The van der Waals surface area contributed by atoms with E-state index in [1.807, 2.05) is 38.1 Å². The summed E-state index contributed by atoms with van der Waals surface area (Å²) in [5.41, 5.74) is 4.58. The summed E-state index contributed by atoms with van der Waals surface area (Å²) >= 11 is 0. The minimum atomic E-state index is -4.29. The van der Waals surface area contributed by atoms with E-state index >= 15 is 0 Å². The molecule has 0 saturated heterocycles. The van der Waals surface area contributed by atoms with Crippen LogP contribution in [0.15, 0.2) is 54.1 Å². The highest BCUT2D eigenvalue weighted by Crippen LogP contribution is 2.48. The summed E-state index contributed by atoms with van der Waals surface area (Å²) in [7, 11) is 0. The number of fused-ring (bicyclic) bond motifs is 1. The van der Waals surface area contributed by atoms with Crippen molar-refractivity contribution in [1.29, 1.82) is 0 Å². The van der Waals surface area contributed by atoms with E-state index in [0.29, 0.717) is 12.0 Å². The van der Waals surface area contributed by atoms with Gasteiger partial charge in [0.25, 0.3) is 5.91 Å². The maximum absolute atomic E-state index is 13.0. The molecule has 0 spiro atoms. The third-order valence-corrected chi connectivity index (χ3v) is 6.54. The van der Waals surface area contributed by atoms with Gasteiger partial charge in [0.15, 0.2) is 0 Å². The van der Waals surface area contributed by atoms with Gasteiger partial charge in [0, 0.05) is 29.2 Å². The second-order valence-corrected chi connectivity index (χ2v) is 8.94. The zero-order valence-electron chi connectivity index (χ0n) is 19.4. The molecule has 8 heteroatoms. The van der Waals surface area contributed by atoms with Crippen LogP contribution in [-0.2, 0) is 4.79 Å². The topological polar surface area (TPSA) is 75.6 Å². The largest absolute Gasteiger partial charge is 0.485 e. The molecule has 1 aliphatic carbocycles. The minimum Gasteiger partial charge on any atom is -0.485 e. The van der Waals surface area contributed by atoms with E-state index in [2.05, 4.69) is 5.32 Å². The fourth-order valence-electron chi connectivity index (χ4n) is 4.57. The molecule has 35 heavy (non-hydrogen) atoms. The Hall–Kier alpha value is -3.55. The molecule has 0 aromatic heterocycles. The molecule has 4 rings (SSSR count). The van der Waals surface area contributed by atoms with Crippen molar-refractivity contribution < 1.29 is 32.6 Å². The van der Waals surface area contributed by atoms with Gasteiger partial charge in [0.2, 0.25) is 0 Å². The number of carboxylic acid groups (broad SMARTS) is 1. The number of allylic oxidation sites excluding steroid dienone is 4. The average molecular weight is 486 g/mol. The Morgan fingerprint density at radius 3 is 2.43 bits per heavy atom. The SMILES string of the molecule is Cc1cc2c(cc1C1=CC=C(C(F)(F)F)CC1)C(C)C(c1ccc(C(=O)NCCC(=O)O)cc1)O2. The zero-order chi connectivity index (χ0) is 25.3. The van der Waals surface area contributed by atoms with Crippen molar-refractivity contribution in [2.75, 3.05) is 6.54 Å². The molecular weight excluding hydrogens is 459 g/mol. The van der Waals surface area contributed by atoms with Crippen molar-refractivity contribution in [2.24, 2.45) is 0 Å².